The third kappa shape index (κ3) is 2.74. The molecule has 0 spiro atoms. The van der Waals surface area contributed by atoms with E-state index < -0.39 is 5.38 Å². The lowest BCUT2D eigenvalue weighted by Crippen LogP contribution is -2.04. The average Bonchev–Trinajstić information content (AvgIpc) is 2.18. The van der Waals surface area contributed by atoms with Crippen molar-refractivity contribution in [3.63, 3.8) is 0 Å². The number of ether oxygens (including phenoxy) is 1. The van der Waals surface area contributed by atoms with E-state index in [1.165, 1.54) is 0 Å². The van der Waals surface area contributed by atoms with E-state index in [0.29, 0.717) is 6.42 Å². The van der Waals surface area contributed by atoms with Crippen molar-refractivity contribution < 1.29 is 9.53 Å². The van der Waals surface area contributed by atoms with Gasteiger partial charge in [0.2, 0.25) is 0 Å². The van der Waals surface area contributed by atoms with Gasteiger partial charge in [-0.1, -0.05) is 12.1 Å². The zero-order valence-corrected chi connectivity index (χ0v) is 9.04. The zero-order valence-electron chi connectivity index (χ0n) is 8.29. The van der Waals surface area contributed by atoms with Crippen LogP contribution in [0.5, 0.6) is 5.75 Å². The molecule has 0 radical (unpaired) electrons. The molecule has 2 nitrogen and oxygen atoms in total. The van der Waals surface area contributed by atoms with Crippen molar-refractivity contribution in [2.24, 2.45) is 0 Å². The van der Waals surface area contributed by atoms with Gasteiger partial charge in [0.05, 0.1) is 12.5 Å². The summed E-state index contributed by atoms with van der Waals surface area (Å²) in [6.45, 7) is 1.96. The maximum absolute atomic E-state index is 10.4. The van der Waals surface area contributed by atoms with E-state index in [9.17, 15) is 4.79 Å². The predicted molar refractivity (Wildman–Crippen MR) is 57.1 cm³/mol. The molecule has 1 rings (SSSR count). The fourth-order valence-corrected chi connectivity index (χ4v) is 1.52. The van der Waals surface area contributed by atoms with Crippen molar-refractivity contribution in [2.45, 2.75) is 18.7 Å². The lowest BCUT2D eigenvalue weighted by Gasteiger charge is -2.07. The predicted octanol–water partition coefficient (Wildman–Crippen LogP) is 2.35. The monoisotopic (exact) mass is 212 g/mol. The highest BCUT2D eigenvalue weighted by atomic mass is 35.5. The SMILES string of the molecule is COc1ccc(CC(Cl)C=O)cc1C. The average molecular weight is 213 g/mol. The van der Waals surface area contributed by atoms with Crippen LogP contribution in [0.15, 0.2) is 18.2 Å². The van der Waals surface area contributed by atoms with Crippen LogP contribution >= 0.6 is 11.6 Å². The number of hydrogen-bond acceptors (Lipinski definition) is 2. The van der Waals surface area contributed by atoms with Gasteiger partial charge in [0.25, 0.3) is 0 Å². The van der Waals surface area contributed by atoms with Gasteiger partial charge in [0.15, 0.2) is 0 Å². The molecule has 1 aromatic rings. The molecule has 0 aliphatic rings. The highest BCUT2D eigenvalue weighted by Gasteiger charge is 2.05. The summed E-state index contributed by atoms with van der Waals surface area (Å²) in [6, 6.07) is 5.79. The van der Waals surface area contributed by atoms with Crippen molar-refractivity contribution in [1.29, 1.82) is 0 Å². The van der Waals surface area contributed by atoms with E-state index in [-0.39, 0.29) is 0 Å². The topological polar surface area (TPSA) is 26.3 Å². The van der Waals surface area contributed by atoms with Crippen LogP contribution in [0, 0.1) is 6.92 Å². The molecule has 1 aromatic carbocycles. The minimum absolute atomic E-state index is 0.442. The van der Waals surface area contributed by atoms with E-state index >= 15 is 0 Å². The van der Waals surface area contributed by atoms with Crippen molar-refractivity contribution in [2.75, 3.05) is 7.11 Å². The van der Waals surface area contributed by atoms with Crippen molar-refractivity contribution in [3.8, 4) is 5.75 Å². The van der Waals surface area contributed by atoms with Gasteiger partial charge in [0, 0.05) is 0 Å². The normalized spacial score (nSPS) is 12.2. The molecule has 0 saturated heterocycles. The second-order valence-electron chi connectivity index (χ2n) is 3.16. The van der Waals surface area contributed by atoms with Gasteiger partial charge in [0.1, 0.15) is 12.0 Å². The number of aldehydes is 1. The van der Waals surface area contributed by atoms with Gasteiger partial charge in [-0.25, -0.2) is 0 Å². The minimum atomic E-state index is -0.442. The molecule has 0 aromatic heterocycles. The number of halogens is 1. The van der Waals surface area contributed by atoms with E-state index in [0.717, 1.165) is 23.2 Å². The second kappa shape index (κ2) is 5.01. The quantitative estimate of drug-likeness (QED) is 0.566. The maximum Gasteiger partial charge on any atom is 0.138 e. The van der Waals surface area contributed by atoms with Crippen LogP contribution < -0.4 is 4.74 Å². The Morgan fingerprint density at radius 3 is 2.79 bits per heavy atom. The molecule has 3 heteroatoms. The molecule has 1 atom stereocenters. The van der Waals surface area contributed by atoms with E-state index in [2.05, 4.69) is 0 Å². The Hall–Kier alpha value is -1.02. The number of aryl methyl sites for hydroxylation is 1. The highest BCUT2D eigenvalue weighted by Crippen LogP contribution is 2.19. The Bertz CT molecular complexity index is 323. The molecule has 0 aliphatic heterocycles. The Balaban J connectivity index is 2.80. The Labute approximate surface area is 88.8 Å². The minimum Gasteiger partial charge on any atom is -0.496 e. The van der Waals surface area contributed by atoms with Gasteiger partial charge in [-0.05, 0) is 30.5 Å². The third-order valence-corrected chi connectivity index (χ3v) is 2.29. The first-order valence-corrected chi connectivity index (χ1v) is 4.84. The molecule has 0 bridgehead atoms. The van der Waals surface area contributed by atoms with Gasteiger partial charge in [-0.3, -0.25) is 0 Å². The van der Waals surface area contributed by atoms with Crippen LogP contribution in [-0.4, -0.2) is 18.8 Å². The molecule has 0 aliphatic carbocycles. The lowest BCUT2D eigenvalue weighted by atomic mass is 10.1. The lowest BCUT2D eigenvalue weighted by molar-refractivity contribution is -0.107. The van der Waals surface area contributed by atoms with Crippen molar-refractivity contribution in [1.82, 2.24) is 0 Å². The molecule has 0 saturated carbocycles. The summed E-state index contributed by atoms with van der Waals surface area (Å²) >= 11 is 5.73. The number of hydrogen-bond donors (Lipinski definition) is 0. The molecule has 0 fully saturated rings. The standard InChI is InChI=1S/C11H13ClO2/c1-8-5-9(6-10(12)7-13)3-4-11(8)14-2/h3-5,7,10H,6H2,1-2H3. The van der Waals surface area contributed by atoms with Crippen LogP contribution in [0.4, 0.5) is 0 Å². The molecular formula is C11H13ClO2. The Morgan fingerprint density at radius 1 is 1.57 bits per heavy atom. The Morgan fingerprint density at radius 2 is 2.29 bits per heavy atom. The first-order chi connectivity index (χ1) is 6.67. The summed E-state index contributed by atoms with van der Waals surface area (Å²) in [5, 5.41) is -0.442. The van der Waals surface area contributed by atoms with Crippen LogP contribution in [0.1, 0.15) is 11.1 Å². The summed E-state index contributed by atoms with van der Waals surface area (Å²) < 4.78 is 5.13. The van der Waals surface area contributed by atoms with Crippen molar-refractivity contribution >= 4 is 17.9 Å². The first kappa shape index (κ1) is 11.1. The molecule has 76 valence electrons. The van der Waals surface area contributed by atoms with E-state index in [1.54, 1.807) is 7.11 Å². The van der Waals surface area contributed by atoms with Gasteiger partial charge in [-0.2, -0.15) is 0 Å². The maximum atomic E-state index is 10.4. The number of carbonyl (C=O) groups excluding carboxylic acids is 1. The number of carbonyl (C=O) groups is 1. The summed E-state index contributed by atoms with van der Waals surface area (Å²) in [5.74, 6) is 0.853. The third-order valence-electron chi connectivity index (χ3n) is 2.04. The van der Waals surface area contributed by atoms with Crippen LogP contribution in [-0.2, 0) is 11.2 Å². The number of methoxy groups -OCH3 is 1. The molecule has 0 amide bonds. The number of alkyl halides is 1. The number of rotatable bonds is 4. The van der Waals surface area contributed by atoms with Gasteiger partial charge >= 0.3 is 0 Å². The van der Waals surface area contributed by atoms with Crippen LogP contribution in [0.25, 0.3) is 0 Å². The fourth-order valence-electron chi connectivity index (χ4n) is 1.34. The summed E-state index contributed by atoms with van der Waals surface area (Å²) in [7, 11) is 1.64. The zero-order chi connectivity index (χ0) is 10.6. The summed E-state index contributed by atoms with van der Waals surface area (Å²) in [6.07, 6.45) is 1.32. The number of benzene rings is 1. The first-order valence-electron chi connectivity index (χ1n) is 4.40. The van der Waals surface area contributed by atoms with Crippen LogP contribution in [0.2, 0.25) is 0 Å². The molecule has 0 N–H and O–H groups in total. The summed E-state index contributed by atoms with van der Waals surface area (Å²) in [5.41, 5.74) is 2.11. The van der Waals surface area contributed by atoms with Crippen LogP contribution in [0.3, 0.4) is 0 Å². The van der Waals surface area contributed by atoms with E-state index in [4.69, 9.17) is 16.3 Å². The van der Waals surface area contributed by atoms with Gasteiger partial charge < -0.3 is 9.53 Å². The molecular weight excluding hydrogens is 200 g/mol. The molecule has 1 unspecified atom stereocenters. The summed E-state index contributed by atoms with van der Waals surface area (Å²) in [4.78, 5) is 10.4. The van der Waals surface area contributed by atoms with Crippen molar-refractivity contribution in [3.05, 3.63) is 29.3 Å². The molecule has 14 heavy (non-hydrogen) atoms. The largest absolute Gasteiger partial charge is 0.496 e. The van der Waals surface area contributed by atoms with E-state index in [1.807, 2.05) is 25.1 Å². The molecule has 0 heterocycles. The Kier molecular flexibility index (Phi) is 3.96. The highest BCUT2D eigenvalue weighted by molar-refractivity contribution is 6.27. The smallest absolute Gasteiger partial charge is 0.138 e. The van der Waals surface area contributed by atoms with Gasteiger partial charge in [-0.15, -0.1) is 11.6 Å². The second-order valence-corrected chi connectivity index (χ2v) is 3.72. The fraction of sp³-hybridized carbons (Fsp3) is 0.364.